The maximum Gasteiger partial charge on any atom is 0.156 e. The lowest BCUT2D eigenvalue weighted by Crippen LogP contribution is -2.21. The Kier molecular flexibility index (Phi) is 3.79. The number of sulfone groups is 1. The van der Waals surface area contributed by atoms with Gasteiger partial charge >= 0.3 is 0 Å². The van der Waals surface area contributed by atoms with Gasteiger partial charge in [-0.2, -0.15) is 0 Å². The van der Waals surface area contributed by atoms with Gasteiger partial charge in [-0.1, -0.05) is 19.9 Å². The van der Waals surface area contributed by atoms with E-state index in [2.05, 4.69) is 6.58 Å². The molecule has 0 N–H and O–H groups in total. The van der Waals surface area contributed by atoms with Crippen LogP contribution in [0.4, 0.5) is 0 Å². The smallest absolute Gasteiger partial charge is 0.156 e. The summed E-state index contributed by atoms with van der Waals surface area (Å²) in [5, 5.41) is -0.412. The minimum atomic E-state index is -2.93. The molecule has 0 aliphatic carbocycles. The van der Waals surface area contributed by atoms with Crippen molar-refractivity contribution in [2.24, 2.45) is 5.92 Å². The molecule has 66 valence electrons. The molecule has 0 aliphatic heterocycles. The number of hydrogen-bond acceptors (Lipinski definition) is 2. The van der Waals surface area contributed by atoms with E-state index in [4.69, 9.17) is 0 Å². The lowest BCUT2D eigenvalue weighted by atomic mass is 10.3. The highest BCUT2D eigenvalue weighted by atomic mass is 32.2. The van der Waals surface area contributed by atoms with E-state index < -0.39 is 15.1 Å². The molecule has 0 saturated heterocycles. The zero-order valence-corrected chi connectivity index (χ0v) is 8.19. The van der Waals surface area contributed by atoms with Crippen LogP contribution in [0.1, 0.15) is 20.8 Å². The summed E-state index contributed by atoms with van der Waals surface area (Å²) in [5.74, 6) is 0.447. The molecule has 0 rings (SSSR count). The van der Waals surface area contributed by atoms with Crippen LogP contribution in [0.15, 0.2) is 12.7 Å². The Morgan fingerprint density at radius 3 is 2.09 bits per heavy atom. The molecular weight excluding hydrogens is 160 g/mol. The fourth-order valence-electron chi connectivity index (χ4n) is 0.763. The molecule has 0 aromatic carbocycles. The second kappa shape index (κ2) is 3.90. The third-order valence-electron chi connectivity index (χ3n) is 1.46. The topological polar surface area (TPSA) is 34.1 Å². The van der Waals surface area contributed by atoms with Crippen molar-refractivity contribution in [1.29, 1.82) is 0 Å². The largest absolute Gasteiger partial charge is 0.228 e. The average Bonchev–Trinajstić information content (AvgIpc) is 1.83. The first-order valence-corrected chi connectivity index (χ1v) is 5.46. The van der Waals surface area contributed by atoms with E-state index in [0.29, 0.717) is 0 Å². The Balaban J connectivity index is 4.35. The molecule has 11 heavy (non-hydrogen) atoms. The van der Waals surface area contributed by atoms with Crippen LogP contribution < -0.4 is 0 Å². The predicted octanol–water partition coefficient (Wildman–Crippen LogP) is 1.63. The molecule has 1 atom stereocenters. The lowest BCUT2D eigenvalue weighted by molar-refractivity contribution is 0.577. The summed E-state index contributed by atoms with van der Waals surface area (Å²) in [6.07, 6.45) is 1.47. The molecule has 0 bridgehead atoms. The summed E-state index contributed by atoms with van der Waals surface area (Å²) in [6, 6.07) is 0. The van der Waals surface area contributed by atoms with Crippen molar-refractivity contribution in [3.63, 3.8) is 0 Å². The summed E-state index contributed by atoms with van der Waals surface area (Å²) in [7, 11) is -2.93. The van der Waals surface area contributed by atoms with Crippen LogP contribution in [0.5, 0.6) is 0 Å². The fourth-order valence-corrected chi connectivity index (χ4v) is 2.29. The molecule has 2 nitrogen and oxygen atoms in total. The van der Waals surface area contributed by atoms with E-state index in [9.17, 15) is 8.42 Å². The molecule has 1 unspecified atom stereocenters. The van der Waals surface area contributed by atoms with Crippen molar-refractivity contribution in [2.45, 2.75) is 26.0 Å². The van der Waals surface area contributed by atoms with Gasteiger partial charge in [0.05, 0.1) is 11.0 Å². The second-order valence-corrected chi connectivity index (χ2v) is 5.57. The van der Waals surface area contributed by atoms with Crippen LogP contribution in [-0.4, -0.2) is 19.4 Å². The first-order chi connectivity index (χ1) is 4.90. The summed E-state index contributed by atoms with van der Waals surface area (Å²) < 4.78 is 22.6. The van der Waals surface area contributed by atoms with Crippen molar-refractivity contribution >= 4 is 9.84 Å². The van der Waals surface area contributed by atoms with E-state index in [-0.39, 0.29) is 11.7 Å². The first kappa shape index (κ1) is 10.7. The Morgan fingerprint density at radius 2 is 1.82 bits per heavy atom. The van der Waals surface area contributed by atoms with Gasteiger partial charge in [0.2, 0.25) is 0 Å². The molecular formula is C8H16O2S. The third-order valence-corrected chi connectivity index (χ3v) is 3.92. The van der Waals surface area contributed by atoms with Crippen LogP contribution in [-0.2, 0) is 9.84 Å². The van der Waals surface area contributed by atoms with Crippen molar-refractivity contribution in [1.82, 2.24) is 0 Å². The van der Waals surface area contributed by atoms with Crippen molar-refractivity contribution in [2.75, 3.05) is 5.75 Å². The molecule has 0 spiro atoms. The normalized spacial score (nSPS) is 14.9. The molecule has 0 aliphatic rings. The molecule has 0 fully saturated rings. The van der Waals surface area contributed by atoms with Crippen LogP contribution in [0, 0.1) is 5.92 Å². The maximum absolute atomic E-state index is 11.3. The minimum absolute atomic E-state index is 0.197. The fraction of sp³-hybridized carbons (Fsp3) is 0.750. The van der Waals surface area contributed by atoms with Crippen LogP contribution in [0.25, 0.3) is 0 Å². The van der Waals surface area contributed by atoms with Crippen LogP contribution in [0.2, 0.25) is 0 Å². The predicted molar refractivity (Wildman–Crippen MR) is 48.3 cm³/mol. The van der Waals surface area contributed by atoms with Gasteiger partial charge < -0.3 is 0 Å². The summed E-state index contributed by atoms with van der Waals surface area (Å²) in [6.45, 7) is 8.90. The molecule has 0 saturated carbocycles. The first-order valence-electron chi connectivity index (χ1n) is 3.74. The highest BCUT2D eigenvalue weighted by Crippen LogP contribution is 2.07. The summed E-state index contributed by atoms with van der Waals surface area (Å²) >= 11 is 0. The number of hydrogen-bond donors (Lipinski definition) is 0. The zero-order valence-electron chi connectivity index (χ0n) is 7.37. The minimum Gasteiger partial charge on any atom is -0.228 e. The maximum atomic E-state index is 11.3. The van der Waals surface area contributed by atoms with Gasteiger partial charge in [-0.25, -0.2) is 8.42 Å². The van der Waals surface area contributed by atoms with Gasteiger partial charge in [0.15, 0.2) is 9.84 Å². The van der Waals surface area contributed by atoms with E-state index in [0.717, 1.165) is 0 Å². The highest BCUT2D eigenvalue weighted by molar-refractivity contribution is 7.92. The van der Waals surface area contributed by atoms with E-state index in [1.807, 2.05) is 13.8 Å². The molecule has 0 radical (unpaired) electrons. The second-order valence-electron chi connectivity index (χ2n) is 3.16. The van der Waals surface area contributed by atoms with Gasteiger partial charge in [0.25, 0.3) is 0 Å². The van der Waals surface area contributed by atoms with Gasteiger partial charge in [0, 0.05) is 0 Å². The highest BCUT2D eigenvalue weighted by Gasteiger charge is 2.18. The Morgan fingerprint density at radius 1 is 1.36 bits per heavy atom. The number of rotatable bonds is 4. The van der Waals surface area contributed by atoms with Crippen LogP contribution >= 0.6 is 0 Å². The SMILES string of the molecule is C=CC(C)S(=O)(=O)CC(C)C. The standard InChI is InChI=1S/C8H16O2S/c1-5-8(4)11(9,10)6-7(2)3/h5,7-8H,1,6H2,2-4H3. The molecule has 0 aromatic rings. The van der Waals surface area contributed by atoms with Crippen molar-refractivity contribution < 1.29 is 8.42 Å². The van der Waals surface area contributed by atoms with Gasteiger partial charge in [-0.3, -0.25) is 0 Å². The van der Waals surface area contributed by atoms with Gasteiger partial charge in [0.1, 0.15) is 0 Å². The molecule has 0 aromatic heterocycles. The molecule has 0 amide bonds. The lowest BCUT2D eigenvalue weighted by Gasteiger charge is -2.09. The zero-order chi connectivity index (χ0) is 9.07. The van der Waals surface area contributed by atoms with Gasteiger partial charge in [-0.15, -0.1) is 6.58 Å². The van der Waals surface area contributed by atoms with Gasteiger partial charge in [-0.05, 0) is 12.8 Å². The Labute approximate surface area is 69.2 Å². The van der Waals surface area contributed by atoms with E-state index >= 15 is 0 Å². The quantitative estimate of drug-likeness (QED) is 0.610. The monoisotopic (exact) mass is 176 g/mol. The van der Waals surface area contributed by atoms with E-state index in [1.165, 1.54) is 6.08 Å². The summed E-state index contributed by atoms with van der Waals surface area (Å²) in [4.78, 5) is 0. The Hall–Kier alpha value is -0.310. The third kappa shape index (κ3) is 3.56. The molecule has 0 heterocycles. The van der Waals surface area contributed by atoms with Crippen molar-refractivity contribution in [3.8, 4) is 0 Å². The molecule has 3 heteroatoms. The Bertz CT molecular complexity index is 214. The van der Waals surface area contributed by atoms with Crippen molar-refractivity contribution in [3.05, 3.63) is 12.7 Å². The average molecular weight is 176 g/mol. The summed E-state index contributed by atoms with van der Waals surface area (Å²) in [5.41, 5.74) is 0. The van der Waals surface area contributed by atoms with E-state index in [1.54, 1.807) is 6.92 Å². The van der Waals surface area contributed by atoms with Crippen LogP contribution in [0.3, 0.4) is 0 Å².